The lowest BCUT2D eigenvalue weighted by Crippen LogP contribution is -2.10. The lowest BCUT2D eigenvalue weighted by atomic mass is 10.2. The molecule has 0 spiro atoms. The van der Waals surface area contributed by atoms with Crippen LogP contribution in [-0.4, -0.2) is 13.0 Å². The van der Waals surface area contributed by atoms with Gasteiger partial charge in [0.05, 0.1) is 7.11 Å². The zero-order valence-corrected chi connectivity index (χ0v) is 7.26. The number of carbonyl (C=O) groups excluding carboxylic acids is 1. The predicted octanol–water partition coefficient (Wildman–Crippen LogP) is 1.45. The minimum absolute atomic E-state index is 0.347. The van der Waals surface area contributed by atoms with Gasteiger partial charge in [0, 0.05) is 10.6 Å². The molecule has 3 nitrogen and oxygen atoms in total. The third-order valence-corrected chi connectivity index (χ3v) is 1.61. The summed E-state index contributed by atoms with van der Waals surface area (Å²) < 4.78 is 4.89. The average molecular weight is 186 g/mol. The van der Waals surface area contributed by atoms with E-state index in [1.807, 2.05) is 0 Å². The van der Waals surface area contributed by atoms with E-state index in [9.17, 15) is 4.79 Å². The number of halogens is 1. The van der Waals surface area contributed by atoms with E-state index in [4.69, 9.17) is 22.1 Å². The van der Waals surface area contributed by atoms with Gasteiger partial charge in [-0.1, -0.05) is 11.6 Å². The SMILES string of the molecule is COc1cc(Cl)cc(C(N)=O)c1. The molecule has 0 aliphatic heterocycles. The Labute approximate surface area is 75.1 Å². The third kappa shape index (κ3) is 1.89. The zero-order valence-electron chi connectivity index (χ0n) is 6.50. The van der Waals surface area contributed by atoms with E-state index in [-0.39, 0.29) is 0 Å². The Morgan fingerprint density at radius 2 is 2.17 bits per heavy atom. The molecule has 0 saturated carbocycles. The van der Waals surface area contributed by atoms with Crippen molar-refractivity contribution in [2.75, 3.05) is 7.11 Å². The highest BCUT2D eigenvalue weighted by Gasteiger charge is 2.03. The minimum Gasteiger partial charge on any atom is -0.497 e. The second kappa shape index (κ2) is 3.45. The number of primary amides is 1. The lowest BCUT2D eigenvalue weighted by Gasteiger charge is -2.02. The van der Waals surface area contributed by atoms with Crippen LogP contribution in [0.3, 0.4) is 0 Å². The van der Waals surface area contributed by atoms with Crippen molar-refractivity contribution in [2.24, 2.45) is 5.73 Å². The minimum atomic E-state index is -0.518. The molecule has 4 heteroatoms. The Hall–Kier alpha value is -1.22. The number of hydrogen-bond donors (Lipinski definition) is 1. The van der Waals surface area contributed by atoms with Gasteiger partial charge in [-0.2, -0.15) is 0 Å². The van der Waals surface area contributed by atoms with Crippen LogP contribution >= 0.6 is 11.6 Å². The van der Waals surface area contributed by atoms with Gasteiger partial charge in [-0.15, -0.1) is 0 Å². The number of rotatable bonds is 2. The first-order chi connectivity index (χ1) is 5.63. The molecule has 0 bridgehead atoms. The van der Waals surface area contributed by atoms with Crippen LogP contribution in [0.25, 0.3) is 0 Å². The topological polar surface area (TPSA) is 52.3 Å². The number of nitrogens with two attached hydrogens (primary N) is 1. The van der Waals surface area contributed by atoms with E-state index in [0.717, 1.165) is 0 Å². The molecule has 12 heavy (non-hydrogen) atoms. The fourth-order valence-electron chi connectivity index (χ4n) is 0.823. The number of amides is 1. The molecule has 2 N–H and O–H groups in total. The molecule has 0 saturated heterocycles. The maximum atomic E-state index is 10.7. The molecular weight excluding hydrogens is 178 g/mol. The summed E-state index contributed by atoms with van der Waals surface area (Å²) in [4.78, 5) is 10.7. The van der Waals surface area contributed by atoms with Crippen molar-refractivity contribution < 1.29 is 9.53 Å². The van der Waals surface area contributed by atoms with Gasteiger partial charge in [-0.25, -0.2) is 0 Å². The summed E-state index contributed by atoms with van der Waals surface area (Å²) >= 11 is 5.69. The van der Waals surface area contributed by atoms with E-state index < -0.39 is 5.91 Å². The lowest BCUT2D eigenvalue weighted by molar-refractivity contribution is 0.1000. The summed E-state index contributed by atoms with van der Waals surface area (Å²) in [5, 5.41) is 0.433. The van der Waals surface area contributed by atoms with Crippen LogP contribution in [0, 0.1) is 0 Å². The average Bonchev–Trinajstić information content (AvgIpc) is 2.03. The summed E-state index contributed by atoms with van der Waals surface area (Å²) in [7, 11) is 1.50. The fraction of sp³-hybridized carbons (Fsp3) is 0.125. The number of carbonyl (C=O) groups is 1. The van der Waals surface area contributed by atoms with Gasteiger partial charge in [-0.05, 0) is 18.2 Å². The van der Waals surface area contributed by atoms with Crippen molar-refractivity contribution in [3.8, 4) is 5.75 Å². The quantitative estimate of drug-likeness (QED) is 0.758. The Morgan fingerprint density at radius 3 is 2.67 bits per heavy atom. The first kappa shape index (κ1) is 8.87. The van der Waals surface area contributed by atoms with Crippen molar-refractivity contribution in [2.45, 2.75) is 0 Å². The number of methoxy groups -OCH3 is 1. The maximum absolute atomic E-state index is 10.7. The van der Waals surface area contributed by atoms with Crippen LogP contribution in [0.15, 0.2) is 18.2 Å². The Balaban J connectivity index is 3.15. The molecule has 0 unspecified atom stereocenters. The van der Waals surface area contributed by atoms with Gasteiger partial charge in [0.2, 0.25) is 5.91 Å². The second-order valence-electron chi connectivity index (χ2n) is 2.24. The summed E-state index contributed by atoms with van der Waals surface area (Å²) in [6, 6.07) is 4.63. The monoisotopic (exact) mass is 185 g/mol. The van der Waals surface area contributed by atoms with Crippen LogP contribution in [0.4, 0.5) is 0 Å². The largest absolute Gasteiger partial charge is 0.497 e. The van der Waals surface area contributed by atoms with E-state index in [1.54, 1.807) is 6.07 Å². The normalized spacial score (nSPS) is 9.50. The van der Waals surface area contributed by atoms with Gasteiger partial charge in [-0.3, -0.25) is 4.79 Å². The first-order valence-corrected chi connectivity index (χ1v) is 3.65. The van der Waals surface area contributed by atoms with Crippen molar-refractivity contribution in [3.05, 3.63) is 28.8 Å². The van der Waals surface area contributed by atoms with Gasteiger partial charge in [0.25, 0.3) is 0 Å². The van der Waals surface area contributed by atoms with E-state index in [0.29, 0.717) is 16.3 Å². The van der Waals surface area contributed by atoms with Gasteiger partial charge in [0.15, 0.2) is 0 Å². The molecule has 0 aliphatic carbocycles. The molecule has 1 amide bonds. The molecule has 0 heterocycles. The molecule has 1 rings (SSSR count). The summed E-state index contributed by atoms with van der Waals surface area (Å²) in [5.74, 6) is 0.00657. The zero-order chi connectivity index (χ0) is 9.14. The smallest absolute Gasteiger partial charge is 0.248 e. The third-order valence-electron chi connectivity index (χ3n) is 1.39. The van der Waals surface area contributed by atoms with Crippen molar-refractivity contribution in [1.82, 2.24) is 0 Å². The molecule has 1 aromatic rings. The summed E-state index contributed by atoms with van der Waals surface area (Å²) in [5.41, 5.74) is 5.40. The molecule has 0 radical (unpaired) electrons. The maximum Gasteiger partial charge on any atom is 0.248 e. The van der Waals surface area contributed by atoms with E-state index in [1.165, 1.54) is 19.2 Å². The van der Waals surface area contributed by atoms with Crippen molar-refractivity contribution in [1.29, 1.82) is 0 Å². The standard InChI is InChI=1S/C8H8ClNO2/c1-12-7-3-5(8(10)11)2-6(9)4-7/h2-4H,1H3,(H2,10,11). The molecule has 0 atom stereocenters. The Bertz CT molecular complexity index is 312. The molecule has 0 aliphatic rings. The molecular formula is C8H8ClNO2. The molecule has 0 aromatic heterocycles. The number of benzene rings is 1. The predicted molar refractivity (Wildman–Crippen MR) is 46.5 cm³/mol. The molecule has 1 aromatic carbocycles. The second-order valence-corrected chi connectivity index (χ2v) is 2.68. The summed E-state index contributed by atoms with van der Waals surface area (Å²) in [6.07, 6.45) is 0. The highest BCUT2D eigenvalue weighted by molar-refractivity contribution is 6.31. The molecule has 64 valence electrons. The van der Waals surface area contributed by atoms with Gasteiger partial charge in [0.1, 0.15) is 5.75 Å². The Kier molecular flexibility index (Phi) is 2.55. The van der Waals surface area contributed by atoms with Crippen LogP contribution in [0.1, 0.15) is 10.4 Å². The molecule has 0 fully saturated rings. The van der Waals surface area contributed by atoms with Crippen molar-refractivity contribution >= 4 is 17.5 Å². The highest BCUT2D eigenvalue weighted by atomic mass is 35.5. The summed E-state index contributed by atoms with van der Waals surface area (Å²) in [6.45, 7) is 0. The van der Waals surface area contributed by atoms with E-state index >= 15 is 0 Å². The van der Waals surface area contributed by atoms with Gasteiger partial charge >= 0.3 is 0 Å². The van der Waals surface area contributed by atoms with Crippen LogP contribution in [0.5, 0.6) is 5.75 Å². The highest BCUT2D eigenvalue weighted by Crippen LogP contribution is 2.20. The Morgan fingerprint density at radius 1 is 1.50 bits per heavy atom. The fourth-order valence-corrected chi connectivity index (χ4v) is 1.05. The number of ether oxygens (including phenoxy) is 1. The van der Waals surface area contributed by atoms with Crippen LogP contribution in [0.2, 0.25) is 5.02 Å². The number of hydrogen-bond acceptors (Lipinski definition) is 2. The van der Waals surface area contributed by atoms with Crippen LogP contribution in [-0.2, 0) is 0 Å². The van der Waals surface area contributed by atoms with Gasteiger partial charge < -0.3 is 10.5 Å². The van der Waals surface area contributed by atoms with E-state index in [2.05, 4.69) is 0 Å². The first-order valence-electron chi connectivity index (χ1n) is 3.28. The van der Waals surface area contributed by atoms with Crippen molar-refractivity contribution in [3.63, 3.8) is 0 Å². The van der Waals surface area contributed by atoms with Crippen LogP contribution < -0.4 is 10.5 Å².